The number of fused-ring (bicyclic) bond motifs is 4. The zero-order valence-corrected chi connectivity index (χ0v) is 27.3. The summed E-state index contributed by atoms with van der Waals surface area (Å²) in [4.78, 5) is 7.55. The van der Waals surface area contributed by atoms with Crippen LogP contribution in [0.5, 0.6) is 0 Å². The maximum atomic E-state index is 5.01. The summed E-state index contributed by atoms with van der Waals surface area (Å²) in [6, 6.07) is 38.5. The van der Waals surface area contributed by atoms with E-state index >= 15 is 0 Å². The van der Waals surface area contributed by atoms with E-state index in [0.717, 1.165) is 36.2 Å². The minimum atomic E-state index is -0.0529. The summed E-state index contributed by atoms with van der Waals surface area (Å²) in [5.41, 5.74) is 15.7. The molecule has 220 valence electrons. The van der Waals surface area contributed by atoms with Crippen molar-refractivity contribution in [3.05, 3.63) is 131 Å². The van der Waals surface area contributed by atoms with E-state index in [1.165, 1.54) is 66.3 Å². The van der Waals surface area contributed by atoms with Gasteiger partial charge in [-0.1, -0.05) is 94.4 Å². The second kappa shape index (κ2) is 11.4. The molecule has 2 nitrogen and oxygen atoms in total. The van der Waals surface area contributed by atoms with Crippen molar-refractivity contribution in [1.29, 1.82) is 0 Å². The molecule has 5 aromatic carbocycles. The van der Waals surface area contributed by atoms with E-state index in [9.17, 15) is 0 Å². The van der Waals surface area contributed by atoms with Crippen molar-refractivity contribution in [3.8, 4) is 21.7 Å². The average molecular weight is 593 g/mol. The largest absolute Gasteiger partial charge is 0.310 e. The molecule has 7 rings (SSSR count). The van der Waals surface area contributed by atoms with Gasteiger partial charge in [0.15, 0.2) is 0 Å². The number of thiazole rings is 1. The van der Waals surface area contributed by atoms with Crippen LogP contribution in [0.25, 0.3) is 31.9 Å². The highest BCUT2D eigenvalue weighted by Gasteiger charge is 2.41. The molecule has 0 unspecified atom stereocenters. The van der Waals surface area contributed by atoms with Gasteiger partial charge in [-0.2, -0.15) is 0 Å². The third-order valence-corrected chi connectivity index (χ3v) is 11.0. The summed E-state index contributed by atoms with van der Waals surface area (Å²) in [5.74, 6) is 0. The van der Waals surface area contributed by atoms with Crippen LogP contribution in [-0.4, -0.2) is 4.98 Å². The van der Waals surface area contributed by atoms with Gasteiger partial charge in [-0.05, 0) is 108 Å². The number of nitrogens with zero attached hydrogens (tertiary/aromatic N) is 2. The molecule has 1 heterocycles. The highest BCUT2D eigenvalue weighted by molar-refractivity contribution is 7.21. The predicted octanol–water partition coefficient (Wildman–Crippen LogP) is 12.0. The molecule has 0 bridgehead atoms. The van der Waals surface area contributed by atoms with Crippen LogP contribution in [0.4, 0.5) is 17.1 Å². The summed E-state index contributed by atoms with van der Waals surface area (Å²) in [5, 5.41) is 1.10. The Hall–Kier alpha value is -4.21. The number of hydrogen-bond acceptors (Lipinski definition) is 3. The molecular formula is C41H40N2S. The lowest BCUT2D eigenvalue weighted by Crippen LogP contribution is -2.24. The molecule has 0 saturated heterocycles. The Morgan fingerprint density at radius 1 is 0.682 bits per heavy atom. The van der Waals surface area contributed by atoms with E-state index in [4.69, 9.17) is 4.98 Å². The van der Waals surface area contributed by atoms with Gasteiger partial charge in [-0.25, -0.2) is 4.98 Å². The number of benzene rings is 5. The van der Waals surface area contributed by atoms with Gasteiger partial charge in [-0.15, -0.1) is 11.3 Å². The molecule has 0 radical (unpaired) electrons. The molecule has 1 aliphatic carbocycles. The molecule has 3 heteroatoms. The first-order chi connectivity index (χ1) is 21.5. The van der Waals surface area contributed by atoms with Gasteiger partial charge in [0.1, 0.15) is 5.01 Å². The molecule has 0 aliphatic heterocycles. The normalized spacial score (nSPS) is 13.2. The number of aryl methyl sites for hydroxylation is 3. The van der Waals surface area contributed by atoms with Gasteiger partial charge in [0.05, 0.1) is 15.9 Å². The molecule has 6 aromatic rings. The van der Waals surface area contributed by atoms with Gasteiger partial charge in [0, 0.05) is 22.4 Å². The van der Waals surface area contributed by atoms with Crippen LogP contribution >= 0.6 is 11.3 Å². The Balaban J connectivity index is 1.42. The van der Waals surface area contributed by atoms with Crippen LogP contribution < -0.4 is 4.90 Å². The molecule has 0 atom stereocenters. The summed E-state index contributed by atoms with van der Waals surface area (Å²) in [7, 11) is 0. The minimum absolute atomic E-state index is 0.0529. The highest BCUT2D eigenvalue weighted by atomic mass is 32.1. The first-order valence-corrected chi connectivity index (χ1v) is 17.0. The number of rotatable bonds is 8. The van der Waals surface area contributed by atoms with Crippen LogP contribution in [0.2, 0.25) is 0 Å². The van der Waals surface area contributed by atoms with Crippen molar-refractivity contribution in [2.24, 2.45) is 0 Å². The second-order valence-electron chi connectivity index (χ2n) is 12.0. The Labute approximate surface area is 266 Å². The van der Waals surface area contributed by atoms with Crippen molar-refractivity contribution >= 4 is 38.6 Å². The van der Waals surface area contributed by atoms with Gasteiger partial charge in [0.2, 0.25) is 0 Å². The standard InChI is InChI=1S/C41H40N2S/c1-6-28-16-10-12-19-37(28)43(39-27(5)15-14-17-29(39)7-2)31-22-24-33-32-23-21-30(40-42-36-18-11-13-20-38(36)44-40)25-34(32)41(8-3,9-4)35(33)26-31/h10-26H,6-9H2,1-5H3. The molecule has 1 aromatic heterocycles. The molecule has 0 saturated carbocycles. The fourth-order valence-corrected chi connectivity index (χ4v) is 8.47. The summed E-state index contributed by atoms with van der Waals surface area (Å²) in [6.45, 7) is 11.5. The van der Waals surface area contributed by atoms with Crippen LogP contribution in [0.1, 0.15) is 68.4 Å². The minimum Gasteiger partial charge on any atom is -0.310 e. The van der Waals surface area contributed by atoms with Gasteiger partial charge in [0.25, 0.3) is 0 Å². The monoisotopic (exact) mass is 592 g/mol. The Kier molecular flexibility index (Phi) is 7.38. The number of aromatic nitrogens is 1. The molecule has 0 N–H and O–H groups in total. The van der Waals surface area contributed by atoms with E-state index in [2.05, 4.69) is 143 Å². The van der Waals surface area contributed by atoms with E-state index in [1.54, 1.807) is 11.3 Å². The third kappa shape index (κ3) is 4.40. The highest BCUT2D eigenvalue weighted by Crippen LogP contribution is 2.55. The Bertz CT molecular complexity index is 1960. The topological polar surface area (TPSA) is 16.1 Å². The maximum Gasteiger partial charge on any atom is 0.124 e. The van der Waals surface area contributed by atoms with E-state index in [-0.39, 0.29) is 5.41 Å². The molecule has 0 spiro atoms. The van der Waals surface area contributed by atoms with Gasteiger partial charge < -0.3 is 4.90 Å². The lowest BCUT2D eigenvalue weighted by molar-refractivity contribution is 0.490. The predicted molar refractivity (Wildman–Crippen MR) is 190 cm³/mol. The zero-order chi connectivity index (χ0) is 30.4. The first kappa shape index (κ1) is 28.6. The fourth-order valence-electron chi connectivity index (χ4n) is 7.50. The second-order valence-corrected chi connectivity index (χ2v) is 13.1. The number of anilines is 3. The summed E-state index contributed by atoms with van der Waals surface area (Å²) >= 11 is 1.79. The first-order valence-electron chi connectivity index (χ1n) is 16.1. The van der Waals surface area contributed by atoms with Gasteiger partial charge in [-0.3, -0.25) is 0 Å². The van der Waals surface area contributed by atoms with Crippen molar-refractivity contribution in [2.45, 2.75) is 65.7 Å². The van der Waals surface area contributed by atoms with Crippen LogP contribution in [0, 0.1) is 6.92 Å². The lowest BCUT2D eigenvalue weighted by Gasteiger charge is -2.33. The third-order valence-electron chi connectivity index (χ3n) is 9.89. The van der Waals surface area contributed by atoms with Crippen molar-refractivity contribution in [1.82, 2.24) is 4.98 Å². The van der Waals surface area contributed by atoms with Crippen LogP contribution in [0.15, 0.2) is 103 Å². The fraction of sp³-hybridized carbons (Fsp3) is 0.244. The van der Waals surface area contributed by atoms with E-state index in [0.29, 0.717) is 0 Å². The van der Waals surface area contributed by atoms with Crippen molar-refractivity contribution in [2.75, 3.05) is 4.90 Å². The molecule has 1 aliphatic rings. The average Bonchev–Trinajstić information content (AvgIpc) is 3.62. The van der Waals surface area contributed by atoms with Crippen LogP contribution in [0.3, 0.4) is 0 Å². The van der Waals surface area contributed by atoms with E-state index < -0.39 is 0 Å². The Morgan fingerprint density at radius 3 is 2.11 bits per heavy atom. The van der Waals surface area contributed by atoms with E-state index in [1.807, 2.05) is 0 Å². The van der Waals surface area contributed by atoms with Gasteiger partial charge >= 0.3 is 0 Å². The molecule has 0 amide bonds. The molecule has 0 fully saturated rings. The van der Waals surface area contributed by atoms with Crippen LogP contribution in [-0.2, 0) is 18.3 Å². The number of hydrogen-bond donors (Lipinski definition) is 0. The molecular weight excluding hydrogens is 553 g/mol. The number of para-hydroxylation sites is 3. The molecule has 44 heavy (non-hydrogen) atoms. The SMILES string of the molecule is CCc1ccccc1N(c1ccc2c(c1)C(CC)(CC)c1cc(-c3nc4ccccc4s3)ccc1-2)c1c(C)cccc1CC. The maximum absolute atomic E-state index is 5.01. The Morgan fingerprint density at radius 2 is 1.36 bits per heavy atom. The zero-order valence-electron chi connectivity index (χ0n) is 26.4. The lowest BCUT2D eigenvalue weighted by atomic mass is 9.73. The smallest absolute Gasteiger partial charge is 0.124 e. The summed E-state index contributed by atoms with van der Waals surface area (Å²) < 4.78 is 1.24. The van der Waals surface area contributed by atoms with Crippen molar-refractivity contribution in [3.63, 3.8) is 0 Å². The summed E-state index contributed by atoms with van der Waals surface area (Å²) in [6.07, 6.45) is 4.07. The quantitative estimate of drug-likeness (QED) is 0.175. The van der Waals surface area contributed by atoms with Crippen molar-refractivity contribution < 1.29 is 0 Å².